The quantitative estimate of drug-likeness (QED) is 0.294. The topological polar surface area (TPSA) is 53.6 Å². The molecular weight excluding hydrogens is 480 g/mol. The monoisotopic (exact) mass is 512 g/mol. The number of hydrogen-bond acceptors (Lipinski definition) is 4. The van der Waals surface area contributed by atoms with Crippen molar-refractivity contribution in [1.82, 2.24) is 19.2 Å². The molecule has 0 aliphatic rings. The number of ether oxygens (including phenoxy) is 2. The van der Waals surface area contributed by atoms with Gasteiger partial charge in [0.25, 0.3) is 0 Å². The zero-order chi connectivity index (χ0) is 24.0. The summed E-state index contributed by atoms with van der Waals surface area (Å²) in [4.78, 5) is 5.07. The molecule has 4 rings (SSSR count). The molecule has 0 atom stereocenters. The van der Waals surface area contributed by atoms with Crippen LogP contribution in [-0.2, 0) is 22.6 Å². The Balaban J connectivity index is 2.06. The fraction of sp³-hybridized carbons (Fsp3) is 0.462. The fourth-order valence-corrected chi connectivity index (χ4v) is 5.70. The molecule has 0 unspecified atom stereocenters. The van der Waals surface area contributed by atoms with Crippen LogP contribution in [0.4, 0.5) is 0 Å². The van der Waals surface area contributed by atoms with Crippen LogP contribution < -0.4 is 0 Å². The van der Waals surface area contributed by atoms with Crippen molar-refractivity contribution < 1.29 is 9.47 Å². The van der Waals surface area contributed by atoms with Crippen LogP contribution in [-0.4, -0.2) is 39.0 Å². The maximum absolute atomic E-state index is 5.90. The van der Waals surface area contributed by atoms with Gasteiger partial charge in [0.1, 0.15) is 5.65 Å². The van der Waals surface area contributed by atoms with E-state index < -0.39 is 0 Å². The third-order valence-corrected chi connectivity index (χ3v) is 6.98. The van der Waals surface area contributed by atoms with Crippen LogP contribution in [0.3, 0.4) is 0 Å². The lowest BCUT2D eigenvalue weighted by Gasteiger charge is -2.14. The molecule has 1 aromatic carbocycles. The summed E-state index contributed by atoms with van der Waals surface area (Å²) in [7, 11) is 1.72. The third kappa shape index (κ3) is 4.11. The first-order valence-corrected chi connectivity index (χ1v) is 12.2. The maximum Gasteiger partial charge on any atom is 0.165 e. The Labute approximate surface area is 204 Å². The minimum Gasteiger partial charge on any atom is -0.378 e. The molecule has 0 fully saturated rings. The van der Waals surface area contributed by atoms with E-state index in [2.05, 4.69) is 81.1 Å². The van der Waals surface area contributed by atoms with Gasteiger partial charge in [0.2, 0.25) is 0 Å². The summed E-state index contributed by atoms with van der Waals surface area (Å²) in [5.74, 6) is 0. The van der Waals surface area contributed by atoms with Gasteiger partial charge < -0.3 is 14.0 Å². The number of hydrogen-bond donors (Lipinski definition) is 0. The van der Waals surface area contributed by atoms with Crippen LogP contribution in [0.25, 0.3) is 27.8 Å². The molecule has 0 aliphatic heterocycles. The highest BCUT2D eigenvalue weighted by Gasteiger charge is 2.25. The van der Waals surface area contributed by atoms with Crippen LogP contribution in [0.15, 0.2) is 16.6 Å². The molecule has 0 saturated carbocycles. The van der Waals surface area contributed by atoms with E-state index in [-0.39, 0.29) is 6.10 Å². The second-order valence-electron chi connectivity index (χ2n) is 9.13. The van der Waals surface area contributed by atoms with Gasteiger partial charge >= 0.3 is 0 Å². The Kier molecular flexibility index (Phi) is 6.67. The Morgan fingerprint density at radius 1 is 1.00 bits per heavy atom. The van der Waals surface area contributed by atoms with E-state index in [0.717, 1.165) is 43.8 Å². The third-order valence-electron chi connectivity index (χ3n) is 6.12. The highest BCUT2D eigenvalue weighted by molar-refractivity contribution is 9.10. The first-order chi connectivity index (χ1) is 15.6. The van der Waals surface area contributed by atoms with E-state index in [0.29, 0.717) is 19.8 Å². The van der Waals surface area contributed by atoms with Crippen molar-refractivity contribution in [1.29, 1.82) is 0 Å². The van der Waals surface area contributed by atoms with E-state index in [4.69, 9.17) is 19.6 Å². The van der Waals surface area contributed by atoms with Crippen LogP contribution in [0.1, 0.15) is 47.6 Å². The smallest absolute Gasteiger partial charge is 0.165 e. The molecule has 3 aromatic heterocycles. The predicted molar refractivity (Wildman–Crippen MR) is 137 cm³/mol. The Morgan fingerprint density at radius 3 is 2.27 bits per heavy atom. The van der Waals surface area contributed by atoms with Crippen molar-refractivity contribution in [3.8, 4) is 11.1 Å². The zero-order valence-corrected chi connectivity index (χ0v) is 22.4. The van der Waals surface area contributed by atoms with Crippen molar-refractivity contribution in [3.05, 3.63) is 50.4 Å². The summed E-state index contributed by atoms with van der Waals surface area (Å²) >= 11 is 3.84. The molecular formula is C26H33BrN4O2. The van der Waals surface area contributed by atoms with Crippen molar-refractivity contribution in [2.45, 2.75) is 67.7 Å². The minimum atomic E-state index is 0.176. The molecule has 7 heteroatoms. The minimum absolute atomic E-state index is 0.176. The first-order valence-electron chi connectivity index (χ1n) is 11.4. The van der Waals surface area contributed by atoms with Gasteiger partial charge in [-0.1, -0.05) is 17.7 Å². The maximum atomic E-state index is 5.90. The Hall–Kier alpha value is -2.22. The number of halogens is 1. The molecule has 0 saturated heterocycles. The lowest BCUT2D eigenvalue weighted by atomic mass is 9.94. The average molecular weight is 513 g/mol. The van der Waals surface area contributed by atoms with Crippen LogP contribution >= 0.6 is 15.9 Å². The molecule has 0 aliphatic carbocycles. The summed E-state index contributed by atoms with van der Waals surface area (Å²) < 4.78 is 16.7. The van der Waals surface area contributed by atoms with E-state index in [1.165, 1.54) is 22.3 Å². The molecule has 6 nitrogen and oxygen atoms in total. The van der Waals surface area contributed by atoms with Crippen LogP contribution in [0.2, 0.25) is 0 Å². The molecule has 0 radical (unpaired) electrons. The number of benzene rings is 1. The molecule has 33 heavy (non-hydrogen) atoms. The van der Waals surface area contributed by atoms with Gasteiger partial charge in [-0.25, -0.2) is 4.98 Å². The molecule has 0 N–H and O–H groups in total. The molecule has 4 aromatic rings. The highest BCUT2D eigenvalue weighted by atomic mass is 79.9. The summed E-state index contributed by atoms with van der Waals surface area (Å²) in [6.07, 6.45) is 0.176. The predicted octanol–water partition coefficient (Wildman–Crippen LogP) is 6.23. The van der Waals surface area contributed by atoms with Crippen molar-refractivity contribution in [2.24, 2.45) is 0 Å². The van der Waals surface area contributed by atoms with Gasteiger partial charge in [-0.05, 0) is 81.1 Å². The number of aryl methyl sites for hydroxylation is 5. The molecule has 0 bridgehead atoms. The van der Waals surface area contributed by atoms with E-state index in [1.807, 2.05) is 4.52 Å². The average Bonchev–Trinajstić information content (AvgIpc) is 3.17. The van der Waals surface area contributed by atoms with E-state index >= 15 is 0 Å². The second-order valence-corrected chi connectivity index (χ2v) is 9.92. The Bertz CT molecular complexity index is 1330. The molecule has 0 amide bonds. The first kappa shape index (κ1) is 23.9. The Morgan fingerprint density at radius 2 is 1.67 bits per heavy atom. The lowest BCUT2D eigenvalue weighted by Crippen LogP contribution is -2.14. The van der Waals surface area contributed by atoms with Crippen molar-refractivity contribution >= 4 is 32.6 Å². The van der Waals surface area contributed by atoms with Gasteiger partial charge in [0.15, 0.2) is 5.65 Å². The number of aromatic nitrogens is 4. The molecule has 0 spiro atoms. The van der Waals surface area contributed by atoms with Gasteiger partial charge in [0.05, 0.1) is 51.8 Å². The summed E-state index contributed by atoms with van der Waals surface area (Å²) in [6.45, 7) is 16.5. The largest absolute Gasteiger partial charge is 0.378 e. The lowest BCUT2D eigenvalue weighted by molar-refractivity contribution is 0.0718. The second kappa shape index (κ2) is 9.20. The van der Waals surface area contributed by atoms with Crippen molar-refractivity contribution in [2.75, 3.05) is 13.7 Å². The molecule has 3 heterocycles. The van der Waals surface area contributed by atoms with Gasteiger partial charge in [-0.3, -0.25) is 0 Å². The summed E-state index contributed by atoms with van der Waals surface area (Å²) in [5, 5.41) is 6.07. The molecule has 176 valence electrons. The van der Waals surface area contributed by atoms with Gasteiger partial charge in [0, 0.05) is 13.7 Å². The van der Waals surface area contributed by atoms with Crippen LogP contribution in [0, 0.1) is 34.6 Å². The van der Waals surface area contributed by atoms with Gasteiger partial charge in [-0.2, -0.15) is 9.61 Å². The fourth-order valence-electron chi connectivity index (χ4n) is 4.91. The van der Waals surface area contributed by atoms with Gasteiger partial charge in [-0.15, -0.1) is 0 Å². The number of nitrogens with zero attached hydrogens (tertiary/aromatic N) is 4. The summed E-state index contributed by atoms with van der Waals surface area (Å²) in [5.41, 5.74) is 11.0. The SMILES string of the molecule is COCc1c(Br)c2c(C)nc3c(-c4c(C)cc(C)cc4C)c(C)nn3c2n1CCOC(C)C. The normalized spacial score (nSPS) is 12.1. The number of rotatable bonds is 7. The van der Waals surface area contributed by atoms with E-state index in [1.54, 1.807) is 7.11 Å². The standard InChI is InChI=1S/C26H33BrN4O2/c1-14(2)33-10-9-30-20(13-32-8)24(27)23-18(6)28-25-22(19(7)29-31(25)26(23)30)21-16(4)11-15(3)12-17(21)5/h11-12,14H,9-10,13H2,1-8H3. The number of methoxy groups -OCH3 is 1. The summed E-state index contributed by atoms with van der Waals surface area (Å²) in [6, 6.07) is 4.46. The van der Waals surface area contributed by atoms with Crippen molar-refractivity contribution in [3.63, 3.8) is 0 Å². The number of fused-ring (bicyclic) bond motifs is 3. The highest BCUT2D eigenvalue weighted by Crippen LogP contribution is 2.38. The zero-order valence-electron chi connectivity index (χ0n) is 20.8. The van der Waals surface area contributed by atoms with E-state index in [9.17, 15) is 0 Å². The van der Waals surface area contributed by atoms with Crippen LogP contribution in [0.5, 0.6) is 0 Å².